The minimum absolute atomic E-state index is 0.142. The number of anilines is 1. The number of aliphatic hydroxyl groups excluding tert-OH is 1. The summed E-state index contributed by atoms with van der Waals surface area (Å²) in [6.07, 6.45) is 1.60. The first kappa shape index (κ1) is 16.9. The van der Waals surface area contributed by atoms with Crippen molar-refractivity contribution < 1.29 is 5.11 Å². The van der Waals surface area contributed by atoms with E-state index in [0.717, 1.165) is 27.8 Å². The van der Waals surface area contributed by atoms with Crippen molar-refractivity contribution in [3.8, 4) is 11.4 Å². The van der Waals surface area contributed by atoms with Crippen LogP contribution in [0.3, 0.4) is 0 Å². The number of aliphatic hydroxyl groups is 1. The molecule has 0 aliphatic heterocycles. The monoisotopic (exact) mass is 367 g/mol. The van der Waals surface area contributed by atoms with Crippen LogP contribution in [0.2, 0.25) is 0 Å². The van der Waals surface area contributed by atoms with Crippen LogP contribution >= 0.6 is 11.3 Å². The topological polar surface area (TPSA) is 75.3 Å². The van der Waals surface area contributed by atoms with Crippen molar-refractivity contribution in [2.75, 3.05) is 18.5 Å². The molecule has 26 heavy (non-hydrogen) atoms. The summed E-state index contributed by atoms with van der Waals surface area (Å²) >= 11 is 1.70. The van der Waals surface area contributed by atoms with E-state index in [0.29, 0.717) is 24.7 Å². The fourth-order valence-corrected chi connectivity index (χ4v) is 4.27. The lowest BCUT2D eigenvalue weighted by molar-refractivity contribution is 0.292. The summed E-state index contributed by atoms with van der Waals surface area (Å²) in [6.45, 7) is 5.07. The fraction of sp³-hybridized carbons (Fsp3) is 0.316. The smallest absolute Gasteiger partial charge is 0.227 e. The third-order valence-corrected chi connectivity index (χ3v) is 5.47. The van der Waals surface area contributed by atoms with Gasteiger partial charge in [-0.15, -0.1) is 16.4 Å². The zero-order chi connectivity index (χ0) is 18.1. The highest BCUT2D eigenvalue weighted by molar-refractivity contribution is 7.18. The molecule has 0 spiro atoms. The number of nitrogens with zero attached hydrogens (tertiary/aromatic N) is 4. The van der Waals surface area contributed by atoms with Gasteiger partial charge in [0.25, 0.3) is 0 Å². The highest BCUT2D eigenvalue weighted by atomic mass is 32.1. The van der Waals surface area contributed by atoms with Crippen LogP contribution in [0.15, 0.2) is 30.3 Å². The maximum atomic E-state index is 9.06. The Kier molecular flexibility index (Phi) is 4.57. The van der Waals surface area contributed by atoms with E-state index < -0.39 is 0 Å². The van der Waals surface area contributed by atoms with Crippen LogP contribution in [-0.4, -0.2) is 37.8 Å². The van der Waals surface area contributed by atoms with Crippen LogP contribution in [0.4, 0.5) is 5.95 Å². The molecule has 3 heterocycles. The molecule has 0 radical (unpaired) electrons. The molecule has 0 amide bonds. The number of thiophene rings is 1. The first-order valence-corrected chi connectivity index (χ1v) is 9.63. The molecule has 0 saturated heterocycles. The number of fused-ring (bicyclic) bond motifs is 3. The molecule has 0 aliphatic rings. The van der Waals surface area contributed by atoms with Gasteiger partial charge >= 0.3 is 0 Å². The Morgan fingerprint density at radius 1 is 1.19 bits per heavy atom. The number of hydrogen-bond donors (Lipinski definition) is 2. The summed E-state index contributed by atoms with van der Waals surface area (Å²) in [5, 5.41) is 18.2. The van der Waals surface area contributed by atoms with Crippen LogP contribution in [-0.2, 0) is 6.42 Å². The molecule has 134 valence electrons. The Labute approximate surface area is 155 Å². The van der Waals surface area contributed by atoms with Crippen molar-refractivity contribution in [1.29, 1.82) is 0 Å². The lowest BCUT2D eigenvalue weighted by Gasteiger charge is -2.07. The van der Waals surface area contributed by atoms with Crippen molar-refractivity contribution in [2.45, 2.75) is 26.7 Å². The van der Waals surface area contributed by atoms with Gasteiger partial charge in [-0.3, -0.25) is 0 Å². The lowest BCUT2D eigenvalue weighted by Crippen LogP contribution is -2.10. The molecular formula is C19H21N5OS. The second-order valence-corrected chi connectivity index (χ2v) is 7.35. The number of nitrogens with one attached hydrogen (secondary N) is 1. The van der Waals surface area contributed by atoms with Gasteiger partial charge in [0, 0.05) is 23.6 Å². The highest BCUT2D eigenvalue weighted by Crippen LogP contribution is 2.34. The summed E-state index contributed by atoms with van der Waals surface area (Å²) in [5.41, 5.74) is 3.11. The zero-order valence-corrected chi connectivity index (χ0v) is 15.7. The van der Waals surface area contributed by atoms with Gasteiger partial charge in [-0.1, -0.05) is 37.3 Å². The number of hydrogen-bond acceptors (Lipinski definition) is 6. The second-order valence-electron chi connectivity index (χ2n) is 6.15. The molecule has 3 aromatic heterocycles. The Bertz CT molecular complexity index is 1050. The molecule has 6 nitrogen and oxygen atoms in total. The third-order valence-electron chi connectivity index (χ3n) is 4.43. The molecule has 2 N–H and O–H groups in total. The van der Waals surface area contributed by atoms with E-state index in [9.17, 15) is 0 Å². The Morgan fingerprint density at radius 3 is 2.73 bits per heavy atom. The van der Waals surface area contributed by atoms with E-state index in [-0.39, 0.29) is 6.61 Å². The van der Waals surface area contributed by atoms with Gasteiger partial charge in [-0.25, -0.2) is 9.97 Å². The summed E-state index contributed by atoms with van der Waals surface area (Å²) < 4.78 is 1.80. The molecule has 0 fully saturated rings. The predicted octanol–water partition coefficient (Wildman–Crippen LogP) is 3.67. The van der Waals surface area contributed by atoms with E-state index in [2.05, 4.69) is 19.2 Å². The van der Waals surface area contributed by atoms with Crippen LogP contribution in [0.25, 0.3) is 27.3 Å². The van der Waals surface area contributed by atoms with Crippen molar-refractivity contribution in [3.05, 3.63) is 40.8 Å². The van der Waals surface area contributed by atoms with Gasteiger partial charge in [0.1, 0.15) is 4.83 Å². The van der Waals surface area contributed by atoms with E-state index in [4.69, 9.17) is 20.2 Å². The van der Waals surface area contributed by atoms with Gasteiger partial charge in [0.2, 0.25) is 5.95 Å². The van der Waals surface area contributed by atoms with Gasteiger partial charge in [0.05, 0.1) is 5.39 Å². The number of benzene rings is 1. The average Bonchev–Trinajstić information content (AvgIpc) is 3.23. The van der Waals surface area contributed by atoms with E-state index in [1.54, 1.807) is 15.9 Å². The molecule has 0 bridgehead atoms. The molecule has 1 aromatic carbocycles. The van der Waals surface area contributed by atoms with Crippen LogP contribution < -0.4 is 5.32 Å². The second kappa shape index (κ2) is 7.01. The Balaban J connectivity index is 1.96. The first-order valence-electron chi connectivity index (χ1n) is 8.81. The van der Waals surface area contributed by atoms with Crippen molar-refractivity contribution in [1.82, 2.24) is 19.6 Å². The van der Waals surface area contributed by atoms with Crippen molar-refractivity contribution >= 4 is 33.1 Å². The Morgan fingerprint density at radius 2 is 2.00 bits per heavy atom. The molecule has 4 aromatic rings. The van der Waals surface area contributed by atoms with Gasteiger partial charge < -0.3 is 10.4 Å². The number of aryl methyl sites for hydroxylation is 2. The molecule has 0 saturated carbocycles. The van der Waals surface area contributed by atoms with Crippen LogP contribution in [0.1, 0.15) is 23.8 Å². The quantitative estimate of drug-likeness (QED) is 0.509. The van der Waals surface area contributed by atoms with Crippen LogP contribution in [0, 0.1) is 6.92 Å². The normalized spacial score (nSPS) is 11.5. The zero-order valence-electron chi connectivity index (χ0n) is 14.9. The number of rotatable bonds is 6. The molecular weight excluding hydrogens is 346 g/mol. The standard InChI is InChI=1S/C19H21N5OS/c1-3-14-12(2)26-18-15(14)17-21-16(13-8-5-4-6-9-13)23-24(17)19(22-18)20-10-7-11-25/h4-6,8-9,25H,3,7,10-11H2,1-2H3,(H,20,22). The third kappa shape index (κ3) is 2.83. The molecule has 0 aliphatic carbocycles. The fourth-order valence-electron chi connectivity index (χ4n) is 3.17. The van der Waals surface area contributed by atoms with E-state index in [1.165, 1.54) is 10.4 Å². The molecule has 4 rings (SSSR count). The highest BCUT2D eigenvalue weighted by Gasteiger charge is 2.19. The van der Waals surface area contributed by atoms with E-state index >= 15 is 0 Å². The van der Waals surface area contributed by atoms with Gasteiger partial charge in [-0.2, -0.15) is 4.52 Å². The summed E-state index contributed by atoms with van der Waals surface area (Å²) in [5.74, 6) is 1.36. The Hall–Kier alpha value is -2.51. The molecule has 7 heteroatoms. The minimum Gasteiger partial charge on any atom is -0.396 e. The lowest BCUT2D eigenvalue weighted by atomic mass is 10.1. The van der Waals surface area contributed by atoms with Gasteiger partial charge in [0.15, 0.2) is 11.5 Å². The predicted molar refractivity (Wildman–Crippen MR) is 106 cm³/mol. The van der Waals surface area contributed by atoms with Crippen molar-refractivity contribution in [2.24, 2.45) is 0 Å². The average molecular weight is 367 g/mol. The van der Waals surface area contributed by atoms with Gasteiger partial charge in [-0.05, 0) is 25.3 Å². The summed E-state index contributed by atoms with van der Waals surface area (Å²) in [6, 6.07) is 9.98. The molecule has 0 unspecified atom stereocenters. The minimum atomic E-state index is 0.142. The summed E-state index contributed by atoms with van der Waals surface area (Å²) in [4.78, 5) is 11.9. The maximum absolute atomic E-state index is 9.06. The number of aromatic nitrogens is 4. The largest absolute Gasteiger partial charge is 0.396 e. The SMILES string of the molecule is CCc1c(C)sc2nc(NCCCO)n3nc(-c4ccccc4)nc3c12. The van der Waals surface area contributed by atoms with Crippen LogP contribution in [0.5, 0.6) is 0 Å². The first-order chi connectivity index (χ1) is 12.7. The van der Waals surface area contributed by atoms with E-state index in [1.807, 2.05) is 30.3 Å². The maximum Gasteiger partial charge on any atom is 0.227 e. The molecule has 0 atom stereocenters. The summed E-state index contributed by atoms with van der Waals surface area (Å²) in [7, 11) is 0. The van der Waals surface area contributed by atoms with Crippen molar-refractivity contribution in [3.63, 3.8) is 0 Å².